The largest absolute Gasteiger partial charge is 0.333 e. The summed E-state index contributed by atoms with van der Waals surface area (Å²) in [4.78, 5) is 27.0. The Labute approximate surface area is 174 Å². The number of rotatable bonds is 6. The average molecular weight is 437 g/mol. The Morgan fingerprint density at radius 2 is 1.76 bits per heavy atom. The molecule has 2 heterocycles. The van der Waals surface area contributed by atoms with Crippen molar-refractivity contribution in [2.75, 3.05) is 32.7 Å². The number of hydrogen-bond donors (Lipinski definition) is 2. The minimum absolute atomic E-state index is 0.0465. The van der Waals surface area contributed by atoms with Crippen molar-refractivity contribution in [3.05, 3.63) is 52.2 Å². The molecule has 1 aromatic carbocycles. The van der Waals surface area contributed by atoms with E-state index < -0.39 is 22.0 Å². The van der Waals surface area contributed by atoms with Crippen LogP contribution in [0.15, 0.2) is 46.7 Å². The van der Waals surface area contributed by atoms with Crippen molar-refractivity contribution in [1.82, 2.24) is 19.8 Å². The molecule has 1 fully saturated rings. The lowest BCUT2D eigenvalue weighted by atomic mass is 10.2. The van der Waals surface area contributed by atoms with Crippen molar-refractivity contribution >= 4 is 33.3 Å². The van der Waals surface area contributed by atoms with Gasteiger partial charge in [-0.05, 0) is 30.5 Å². The average Bonchev–Trinajstić information content (AvgIpc) is 3.21. The molecule has 0 atom stereocenters. The summed E-state index contributed by atoms with van der Waals surface area (Å²) in [6, 6.07) is 10.0. The molecule has 1 aliphatic heterocycles. The van der Waals surface area contributed by atoms with E-state index in [4.69, 9.17) is 0 Å². The molecule has 0 radical (unpaired) electrons. The van der Waals surface area contributed by atoms with Gasteiger partial charge in [0, 0.05) is 31.1 Å². The van der Waals surface area contributed by atoms with Gasteiger partial charge in [-0.15, -0.1) is 11.3 Å². The maximum atomic E-state index is 12.7. The minimum Gasteiger partial charge on any atom is -0.333 e. The van der Waals surface area contributed by atoms with Crippen LogP contribution in [0.1, 0.15) is 10.4 Å². The normalized spacial score (nSPS) is 15.8. The minimum atomic E-state index is -3.54. The van der Waals surface area contributed by atoms with Gasteiger partial charge in [0.25, 0.3) is 0 Å². The molecule has 3 rings (SSSR count). The van der Waals surface area contributed by atoms with Crippen molar-refractivity contribution in [1.29, 1.82) is 0 Å². The standard InChI is InChI=1S/C19H24N4O4S2/c1-15-4-6-17(7-5-15)29(26,27)23-10-8-22(9-11-23)14-18(24)21-19(25)20-13-16-3-2-12-28-16/h2-7,12H,8-11,13-14H2,1H3,(H2,20,21,24,25). The van der Waals surface area contributed by atoms with E-state index >= 15 is 0 Å². The van der Waals surface area contributed by atoms with Gasteiger partial charge in [0.15, 0.2) is 0 Å². The fourth-order valence-corrected chi connectivity index (χ4v) is 5.05. The number of imide groups is 1. The number of carbonyl (C=O) groups excluding carboxylic acids is 2. The van der Waals surface area contributed by atoms with E-state index in [0.29, 0.717) is 32.7 Å². The van der Waals surface area contributed by atoms with Gasteiger partial charge < -0.3 is 5.32 Å². The number of nitrogens with zero attached hydrogens (tertiary/aromatic N) is 2. The molecule has 2 aromatic rings. The zero-order valence-corrected chi connectivity index (χ0v) is 17.8. The Morgan fingerprint density at radius 1 is 1.07 bits per heavy atom. The number of sulfonamides is 1. The summed E-state index contributed by atoms with van der Waals surface area (Å²) >= 11 is 1.52. The zero-order valence-electron chi connectivity index (χ0n) is 16.1. The van der Waals surface area contributed by atoms with Gasteiger partial charge >= 0.3 is 6.03 Å². The van der Waals surface area contributed by atoms with Crippen molar-refractivity contribution in [3.63, 3.8) is 0 Å². The van der Waals surface area contributed by atoms with Crippen LogP contribution < -0.4 is 10.6 Å². The van der Waals surface area contributed by atoms with E-state index in [-0.39, 0.29) is 11.4 Å². The molecule has 0 spiro atoms. The van der Waals surface area contributed by atoms with Gasteiger partial charge in [0.1, 0.15) is 0 Å². The lowest BCUT2D eigenvalue weighted by Crippen LogP contribution is -2.52. The van der Waals surface area contributed by atoms with E-state index in [1.54, 1.807) is 24.3 Å². The van der Waals surface area contributed by atoms with Crippen molar-refractivity contribution in [2.24, 2.45) is 0 Å². The molecular weight excluding hydrogens is 412 g/mol. The lowest BCUT2D eigenvalue weighted by Gasteiger charge is -2.33. The number of nitrogens with one attached hydrogen (secondary N) is 2. The third-order valence-electron chi connectivity index (χ3n) is 4.61. The topological polar surface area (TPSA) is 98.8 Å². The van der Waals surface area contributed by atoms with Gasteiger partial charge in [-0.2, -0.15) is 4.31 Å². The predicted octanol–water partition coefficient (Wildman–Crippen LogP) is 1.39. The molecule has 1 aromatic heterocycles. The highest BCUT2D eigenvalue weighted by Gasteiger charge is 2.29. The first-order valence-electron chi connectivity index (χ1n) is 9.24. The monoisotopic (exact) mass is 436 g/mol. The van der Waals surface area contributed by atoms with E-state index in [1.807, 2.05) is 29.3 Å². The fourth-order valence-electron chi connectivity index (χ4n) is 2.98. The van der Waals surface area contributed by atoms with Crippen LogP contribution in [0, 0.1) is 6.92 Å². The SMILES string of the molecule is Cc1ccc(S(=O)(=O)N2CCN(CC(=O)NC(=O)NCc3cccs3)CC2)cc1. The quantitative estimate of drug-likeness (QED) is 0.713. The number of piperazine rings is 1. The number of carbonyl (C=O) groups is 2. The van der Waals surface area contributed by atoms with Crippen LogP contribution in [-0.4, -0.2) is 62.3 Å². The van der Waals surface area contributed by atoms with Crippen LogP contribution in [0.4, 0.5) is 4.79 Å². The molecule has 1 aliphatic rings. The van der Waals surface area contributed by atoms with Crippen LogP contribution >= 0.6 is 11.3 Å². The third-order valence-corrected chi connectivity index (χ3v) is 7.40. The van der Waals surface area contributed by atoms with E-state index in [2.05, 4.69) is 10.6 Å². The van der Waals surface area contributed by atoms with E-state index in [0.717, 1.165) is 10.4 Å². The highest BCUT2D eigenvalue weighted by Crippen LogP contribution is 2.18. The molecule has 0 aliphatic carbocycles. The molecule has 0 saturated carbocycles. The summed E-state index contributed by atoms with van der Waals surface area (Å²) in [7, 11) is -3.54. The Kier molecular flexibility index (Phi) is 7.01. The van der Waals surface area contributed by atoms with E-state index in [9.17, 15) is 18.0 Å². The maximum Gasteiger partial charge on any atom is 0.321 e. The summed E-state index contributed by atoms with van der Waals surface area (Å²) in [6.45, 7) is 3.77. The van der Waals surface area contributed by atoms with Crippen LogP contribution in [0.25, 0.3) is 0 Å². The van der Waals surface area contributed by atoms with Crippen molar-refractivity contribution < 1.29 is 18.0 Å². The summed E-state index contributed by atoms with van der Waals surface area (Å²) in [5.41, 5.74) is 0.999. The molecule has 10 heteroatoms. The Hall–Kier alpha value is -2.27. The number of amides is 3. The van der Waals surface area contributed by atoms with Gasteiger partial charge in [-0.3, -0.25) is 15.0 Å². The maximum absolute atomic E-state index is 12.7. The number of urea groups is 1. The number of aryl methyl sites for hydroxylation is 1. The van der Waals surface area contributed by atoms with Crippen LogP contribution in [0.2, 0.25) is 0 Å². The summed E-state index contributed by atoms with van der Waals surface area (Å²) in [5, 5.41) is 6.86. The first kappa shape index (κ1) is 21.4. The Balaban J connectivity index is 1.43. The number of thiophene rings is 1. The lowest BCUT2D eigenvalue weighted by molar-refractivity contribution is -0.121. The molecule has 0 unspecified atom stereocenters. The number of hydrogen-bond acceptors (Lipinski definition) is 6. The van der Waals surface area contributed by atoms with Gasteiger partial charge in [-0.25, -0.2) is 13.2 Å². The van der Waals surface area contributed by atoms with Crippen molar-refractivity contribution in [3.8, 4) is 0 Å². The smallest absolute Gasteiger partial charge is 0.321 e. The van der Waals surface area contributed by atoms with Crippen LogP contribution in [-0.2, 0) is 21.4 Å². The summed E-state index contributed by atoms with van der Waals surface area (Å²) in [6.07, 6.45) is 0. The first-order valence-corrected chi connectivity index (χ1v) is 11.6. The predicted molar refractivity (Wildman–Crippen MR) is 111 cm³/mol. The highest BCUT2D eigenvalue weighted by molar-refractivity contribution is 7.89. The highest BCUT2D eigenvalue weighted by atomic mass is 32.2. The van der Waals surface area contributed by atoms with Gasteiger partial charge in [0.05, 0.1) is 18.0 Å². The van der Waals surface area contributed by atoms with Crippen LogP contribution in [0.5, 0.6) is 0 Å². The van der Waals surface area contributed by atoms with E-state index in [1.165, 1.54) is 15.6 Å². The summed E-state index contributed by atoms with van der Waals surface area (Å²) in [5.74, 6) is -0.413. The number of benzene rings is 1. The molecule has 8 nitrogen and oxygen atoms in total. The molecule has 2 N–H and O–H groups in total. The second kappa shape index (κ2) is 9.49. The second-order valence-corrected chi connectivity index (χ2v) is 9.77. The van der Waals surface area contributed by atoms with Gasteiger partial charge in [-0.1, -0.05) is 23.8 Å². The molecule has 3 amide bonds. The molecule has 0 bridgehead atoms. The Bertz CT molecular complexity index is 935. The van der Waals surface area contributed by atoms with Crippen molar-refractivity contribution in [2.45, 2.75) is 18.4 Å². The summed E-state index contributed by atoms with van der Waals surface area (Å²) < 4.78 is 26.9. The molecule has 29 heavy (non-hydrogen) atoms. The Morgan fingerprint density at radius 3 is 2.38 bits per heavy atom. The fraction of sp³-hybridized carbons (Fsp3) is 0.368. The molecular formula is C19H24N4O4S2. The molecule has 156 valence electrons. The third kappa shape index (κ3) is 5.86. The first-order chi connectivity index (χ1) is 13.8. The van der Waals surface area contributed by atoms with Gasteiger partial charge in [0.2, 0.25) is 15.9 Å². The molecule has 1 saturated heterocycles. The van der Waals surface area contributed by atoms with Crippen LogP contribution in [0.3, 0.4) is 0 Å². The zero-order chi connectivity index (χ0) is 20.9. The second-order valence-electron chi connectivity index (χ2n) is 6.80.